The third-order valence-corrected chi connectivity index (χ3v) is 1.63. The lowest BCUT2D eigenvalue weighted by molar-refractivity contribution is 0.296. The second-order valence-electron chi connectivity index (χ2n) is 3.14. The van der Waals surface area contributed by atoms with E-state index in [0.717, 1.165) is 13.0 Å². The lowest BCUT2D eigenvalue weighted by Crippen LogP contribution is -2.24. The van der Waals surface area contributed by atoms with E-state index in [4.69, 9.17) is 5.41 Å². The maximum absolute atomic E-state index is 6.19. The molecule has 0 aromatic carbocycles. The Bertz CT molecular complexity index is 253. The highest BCUT2D eigenvalue weighted by Crippen LogP contribution is 1.97. The molecule has 0 aromatic rings. The summed E-state index contributed by atoms with van der Waals surface area (Å²) in [7, 11) is 4.01. The Kier molecular flexibility index (Phi) is 21.8. The number of hydrogen-bond donors (Lipinski definition) is 1. The van der Waals surface area contributed by atoms with Crippen LogP contribution in [0.15, 0.2) is 15.0 Å². The fraction of sp³-hybridized carbons (Fsp3) is 0.818. The molecule has 0 aliphatic heterocycles. The molecule has 0 bridgehead atoms. The van der Waals surface area contributed by atoms with E-state index in [1.165, 1.54) is 0 Å². The van der Waals surface area contributed by atoms with Crippen LogP contribution in [0.2, 0.25) is 0 Å². The molecule has 0 aromatic heterocycles. The van der Waals surface area contributed by atoms with E-state index >= 15 is 0 Å². The second kappa shape index (κ2) is 17.4. The molecular formula is C11H24ClN5. The molecule has 17 heavy (non-hydrogen) atoms. The number of rotatable bonds is 5. The van der Waals surface area contributed by atoms with Crippen molar-refractivity contribution in [2.45, 2.75) is 33.4 Å². The summed E-state index contributed by atoms with van der Waals surface area (Å²) >= 11 is 0. The molecule has 1 atom stereocenters. The predicted molar refractivity (Wildman–Crippen MR) is 76.1 cm³/mol. The van der Waals surface area contributed by atoms with E-state index in [9.17, 15) is 0 Å². The highest BCUT2D eigenvalue weighted by Gasteiger charge is 2.03. The van der Waals surface area contributed by atoms with Crippen molar-refractivity contribution in [3.8, 4) is 0 Å². The Morgan fingerprint density at radius 2 is 1.65 bits per heavy atom. The zero-order valence-electron chi connectivity index (χ0n) is 11.4. The summed E-state index contributed by atoms with van der Waals surface area (Å²) < 4.78 is 0. The van der Waals surface area contributed by atoms with E-state index in [2.05, 4.69) is 32.8 Å². The molecule has 6 heteroatoms. The van der Waals surface area contributed by atoms with Crippen LogP contribution in [0.1, 0.15) is 27.2 Å². The number of hydrogen-bond acceptors (Lipinski definition) is 5. The average Bonchev–Trinajstić information content (AvgIpc) is 2.26. The molecule has 5 nitrogen and oxygen atoms in total. The van der Waals surface area contributed by atoms with Gasteiger partial charge < -0.3 is 0 Å². The van der Waals surface area contributed by atoms with Crippen LogP contribution >= 0.6 is 12.4 Å². The smallest absolute Gasteiger partial charge is 0.112 e. The van der Waals surface area contributed by atoms with Crippen molar-refractivity contribution in [1.82, 2.24) is 4.90 Å². The van der Waals surface area contributed by atoms with Crippen LogP contribution < -0.4 is 0 Å². The van der Waals surface area contributed by atoms with Crippen LogP contribution in [-0.2, 0) is 0 Å². The van der Waals surface area contributed by atoms with Gasteiger partial charge in [0.2, 0.25) is 0 Å². The first-order chi connectivity index (χ1) is 7.63. The normalized spacial score (nSPS) is 9.76. The lowest BCUT2D eigenvalue weighted by Gasteiger charge is -2.15. The minimum Gasteiger partial charge on any atom is -0.287 e. The van der Waals surface area contributed by atoms with Crippen molar-refractivity contribution in [3.63, 3.8) is 0 Å². The van der Waals surface area contributed by atoms with Crippen molar-refractivity contribution in [1.29, 1.82) is 5.41 Å². The molecule has 1 N–H and O–H groups in total. The van der Waals surface area contributed by atoms with Crippen LogP contribution in [0.4, 0.5) is 0 Å². The van der Waals surface area contributed by atoms with Crippen LogP contribution in [0.5, 0.6) is 0 Å². The van der Waals surface area contributed by atoms with E-state index in [1.54, 1.807) is 0 Å². The zero-order chi connectivity index (χ0) is 12.8. The van der Waals surface area contributed by atoms with Gasteiger partial charge in [-0.15, -0.1) is 12.4 Å². The molecular weight excluding hydrogens is 238 g/mol. The summed E-state index contributed by atoms with van der Waals surface area (Å²) in [6, 6.07) is 4.57. The minimum absolute atomic E-state index is 0. The van der Waals surface area contributed by atoms with Crippen molar-refractivity contribution in [2.24, 2.45) is 15.0 Å². The van der Waals surface area contributed by atoms with Gasteiger partial charge in [0, 0.05) is 13.1 Å². The Morgan fingerprint density at radius 3 is 1.88 bits per heavy atom. The molecule has 1 unspecified atom stereocenters. The average molecular weight is 262 g/mol. The lowest BCUT2D eigenvalue weighted by atomic mass is 10.4. The molecule has 100 valence electrons. The van der Waals surface area contributed by atoms with Gasteiger partial charge in [-0.1, -0.05) is 6.92 Å². The SMILES string of the molecule is CCN=C=N.CCN=C=NC(CC)N(C)C.Cl. The van der Waals surface area contributed by atoms with Crippen LogP contribution in [0, 0.1) is 5.41 Å². The number of nitrogens with zero attached hydrogens (tertiary/aromatic N) is 4. The molecule has 0 radical (unpaired) electrons. The molecule has 0 heterocycles. The monoisotopic (exact) mass is 261 g/mol. The van der Waals surface area contributed by atoms with E-state index in [-0.39, 0.29) is 18.6 Å². The van der Waals surface area contributed by atoms with E-state index < -0.39 is 0 Å². The zero-order valence-corrected chi connectivity index (χ0v) is 12.2. The fourth-order valence-electron chi connectivity index (χ4n) is 0.829. The van der Waals surface area contributed by atoms with Crippen LogP contribution in [0.25, 0.3) is 0 Å². The van der Waals surface area contributed by atoms with Gasteiger partial charge in [0.25, 0.3) is 0 Å². The van der Waals surface area contributed by atoms with Gasteiger partial charge in [0.05, 0.1) is 12.0 Å². The highest BCUT2D eigenvalue weighted by molar-refractivity contribution is 5.85. The molecule has 0 spiro atoms. The number of nitrogens with one attached hydrogen (secondary N) is 1. The first kappa shape index (κ1) is 21.3. The Labute approximate surface area is 111 Å². The summed E-state index contributed by atoms with van der Waals surface area (Å²) in [5.74, 6) is 0. The standard InChI is InChI=1S/C8H17N3.C3H6N2.ClH/c1-5-8(11(3)4)10-7-9-6-2;1-2-5-3-4;/h8H,5-6H2,1-4H3;4H,2H2,1H3;1H. The number of halogens is 1. The van der Waals surface area contributed by atoms with Gasteiger partial charge in [0.1, 0.15) is 6.17 Å². The van der Waals surface area contributed by atoms with Crippen molar-refractivity contribution >= 4 is 24.4 Å². The molecule has 0 saturated carbocycles. The van der Waals surface area contributed by atoms with Crippen molar-refractivity contribution in [3.05, 3.63) is 0 Å². The topological polar surface area (TPSA) is 64.2 Å². The van der Waals surface area contributed by atoms with Gasteiger partial charge in [-0.2, -0.15) is 0 Å². The Morgan fingerprint density at radius 1 is 1.12 bits per heavy atom. The quantitative estimate of drug-likeness (QED) is 0.760. The van der Waals surface area contributed by atoms with Crippen molar-refractivity contribution < 1.29 is 0 Å². The van der Waals surface area contributed by atoms with Gasteiger partial charge in [-0.3, -0.25) is 4.90 Å². The van der Waals surface area contributed by atoms with Crippen LogP contribution in [-0.4, -0.2) is 50.3 Å². The molecule has 0 rings (SSSR count). The summed E-state index contributed by atoms with van der Waals surface area (Å²) in [5, 5.41) is 6.19. The third kappa shape index (κ3) is 17.6. The summed E-state index contributed by atoms with van der Waals surface area (Å²) in [4.78, 5) is 13.5. The van der Waals surface area contributed by atoms with Gasteiger partial charge >= 0.3 is 0 Å². The first-order valence-corrected chi connectivity index (χ1v) is 5.49. The maximum atomic E-state index is 6.19. The van der Waals surface area contributed by atoms with Gasteiger partial charge in [-0.05, 0) is 34.4 Å². The second-order valence-corrected chi connectivity index (χ2v) is 3.14. The third-order valence-electron chi connectivity index (χ3n) is 1.63. The summed E-state index contributed by atoms with van der Waals surface area (Å²) in [6.07, 6.45) is 1.23. The minimum atomic E-state index is 0. The maximum Gasteiger partial charge on any atom is 0.112 e. The van der Waals surface area contributed by atoms with E-state index in [0.29, 0.717) is 6.54 Å². The summed E-state index contributed by atoms with van der Waals surface area (Å²) in [5.41, 5.74) is 0. The van der Waals surface area contributed by atoms with Gasteiger partial charge in [-0.25, -0.2) is 20.4 Å². The Balaban J connectivity index is -0.000000280. The molecule has 0 amide bonds. The molecule has 0 aliphatic rings. The Hall–Kier alpha value is -0.990. The fourth-order valence-corrected chi connectivity index (χ4v) is 0.829. The predicted octanol–water partition coefficient (Wildman–Crippen LogP) is 2.66. The van der Waals surface area contributed by atoms with Gasteiger partial charge in [0.15, 0.2) is 0 Å². The number of aliphatic imine (C=N–C) groups is 3. The van der Waals surface area contributed by atoms with E-state index in [1.807, 2.05) is 34.0 Å². The summed E-state index contributed by atoms with van der Waals surface area (Å²) in [6.45, 7) is 7.36. The largest absolute Gasteiger partial charge is 0.287 e. The highest BCUT2D eigenvalue weighted by atomic mass is 35.5. The molecule has 0 saturated heterocycles. The van der Waals surface area contributed by atoms with Crippen molar-refractivity contribution in [2.75, 3.05) is 27.2 Å². The first-order valence-electron chi connectivity index (χ1n) is 5.49. The molecule has 0 aliphatic carbocycles. The molecule has 0 fully saturated rings. The van der Waals surface area contributed by atoms with Crippen LogP contribution in [0.3, 0.4) is 0 Å².